The molecule has 2 nitrogen and oxygen atoms in total. The maximum atomic E-state index is 11.0. The largest absolute Gasteiger partial charge is 2.00 e. The van der Waals surface area contributed by atoms with E-state index in [0.29, 0.717) is 5.56 Å². The predicted molar refractivity (Wildman–Crippen MR) is 47.8 cm³/mol. The molecule has 0 amide bonds. The van der Waals surface area contributed by atoms with E-state index in [4.69, 9.17) is 0 Å². The molecule has 0 atom stereocenters. The molecule has 3 heteroatoms. The van der Waals surface area contributed by atoms with E-state index < -0.39 is 0 Å². The van der Waals surface area contributed by atoms with E-state index in [1.807, 2.05) is 6.07 Å². The van der Waals surface area contributed by atoms with Gasteiger partial charge in [0, 0.05) is 0 Å². The minimum atomic E-state index is -0.374. The van der Waals surface area contributed by atoms with Crippen LogP contribution in [-0.4, -0.2) is 43.7 Å². The molecular weight excluding hydrogens is 180 g/mol. The minimum absolute atomic E-state index is 0. The Labute approximate surface area is 101 Å². The van der Waals surface area contributed by atoms with Crippen LogP contribution in [0.4, 0.5) is 0 Å². The first-order valence-electron chi connectivity index (χ1n) is 3.21. The first kappa shape index (κ1) is 11.7. The Kier molecular flexibility index (Phi) is 6.07. The third-order valence-corrected chi connectivity index (χ3v) is 1.20. The molecule has 12 heavy (non-hydrogen) atoms. The van der Waals surface area contributed by atoms with E-state index in [0.717, 1.165) is 6.26 Å². The van der Waals surface area contributed by atoms with Crippen molar-refractivity contribution < 1.29 is 9.53 Å². The summed E-state index contributed by atoms with van der Waals surface area (Å²) in [6.07, 6.45) is 1.12. The molecule has 0 unspecified atom stereocenters. The van der Waals surface area contributed by atoms with Crippen LogP contribution in [-0.2, 0) is 4.74 Å². The van der Waals surface area contributed by atoms with Gasteiger partial charge in [0.1, 0.15) is 0 Å². The molecule has 1 rings (SSSR count). The topological polar surface area (TPSA) is 26.3 Å². The molecule has 0 radical (unpaired) electrons. The van der Waals surface area contributed by atoms with Gasteiger partial charge in [0.25, 0.3) is 0 Å². The monoisotopic (exact) mass is 188 g/mol. The van der Waals surface area contributed by atoms with Gasteiger partial charge in [0.05, 0.1) is 11.8 Å². The summed E-state index contributed by atoms with van der Waals surface area (Å²) in [4.78, 5) is 11.0. The number of rotatable bonds is 2. The Bertz CT molecular complexity index is 256. The summed E-state index contributed by atoms with van der Waals surface area (Å²) in [7, 11) is 0. The van der Waals surface area contributed by atoms with Crippen LogP contribution in [0.3, 0.4) is 0 Å². The van der Waals surface area contributed by atoms with Crippen LogP contribution in [0.25, 0.3) is 0 Å². The molecular formula is C9H8CaO2+2. The summed E-state index contributed by atoms with van der Waals surface area (Å²) >= 11 is 0. The summed E-state index contributed by atoms with van der Waals surface area (Å²) in [6, 6.07) is 8.77. The second-order valence-electron chi connectivity index (χ2n) is 1.94. The van der Waals surface area contributed by atoms with Crippen molar-refractivity contribution >= 4 is 43.7 Å². The van der Waals surface area contributed by atoms with Crippen LogP contribution in [0.15, 0.2) is 43.2 Å². The van der Waals surface area contributed by atoms with Crippen molar-refractivity contribution in [1.29, 1.82) is 0 Å². The van der Waals surface area contributed by atoms with Gasteiger partial charge in [0.2, 0.25) is 0 Å². The molecule has 0 saturated carbocycles. The summed E-state index contributed by atoms with van der Waals surface area (Å²) in [5, 5.41) is 0. The molecule has 1 aromatic carbocycles. The molecule has 0 heterocycles. The fraction of sp³-hybridized carbons (Fsp3) is 0. The average Bonchev–Trinajstić information content (AvgIpc) is 2.07. The van der Waals surface area contributed by atoms with Gasteiger partial charge in [-0.05, 0) is 12.1 Å². The molecule has 0 saturated heterocycles. The molecule has 0 aliphatic carbocycles. The zero-order chi connectivity index (χ0) is 8.10. The third-order valence-electron chi connectivity index (χ3n) is 1.20. The normalized spacial score (nSPS) is 8.00. The van der Waals surface area contributed by atoms with Gasteiger partial charge in [-0.15, -0.1) is 0 Å². The predicted octanol–water partition coefficient (Wildman–Crippen LogP) is 1.61. The van der Waals surface area contributed by atoms with Gasteiger partial charge >= 0.3 is 43.7 Å². The molecule has 56 valence electrons. The van der Waals surface area contributed by atoms with Crippen molar-refractivity contribution in [1.82, 2.24) is 0 Å². The van der Waals surface area contributed by atoms with Crippen LogP contribution in [0.5, 0.6) is 0 Å². The molecule has 1 aromatic rings. The summed E-state index contributed by atoms with van der Waals surface area (Å²) in [5.41, 5.74) is 0.535. The summed E-state index contributed by atoms with van der Waals surface area (Å²) in [5.74, 6) is -0.374. The SMILES string of the molecule is C=COC(=O)c1ccccc1.[Ca+2]. The molecule has 0 fully saturated rings. The van der Waals surface area contributed by atoms with Gasteiger partial charge in [-0.3, -0.25) is 0 Å². The molecule has 0 bridgehead atoms. The first-order chi connectivity index (χ1) is 5.34. The van der Waals surface area contributed by atoms with Crippen LogP contribution >= 0.6 is 0 Å². The van der Waals surface area contributed by atoms with Crippen LogP contribution < -0.4 is 0 Å². The zero-order valence-electron chi connectivity index (χ0n) is 6.69. The second-order valence-corrected chi connectivity index (χ2v) is 1.94. The number of carbonyl (C=O) groups is 1. The number of hydrogen-bond donors (Lipinski definition) is 0. The van der Waals surface area contributed by atoms with E-state index in [9.17, 15) is 4.79 Å². The standard InChI is InChI=1S/C9H8O2.Ca/c1-2-11-9(10)8-6-4-3-5-7-8;/h2-7H,1H2;/q;+2. The Balaban J connectivity index is 0.00000121. The fourth-order valence-corrected chi connectivity index (χ4v) is 0.718. The number of ether oxygens (including phenoxy) is 1. The van der Waals surface area contributed by atoms with E-state index in [1.165, 1.54) is 0 Å². The second kappa shape index (κ2) is 6.23. The van der Waals surface area contributed by atoms with Crippen LogP contribution in [0.1, 0.15) is 10.4 Å². The molecule has 0 aromatic heterocycles. The molecule has 0 aliphatic rings. The van der Waals surface area contributed by atoms with Crippen molar-refractivity contribution in [2.75, 3.05) is 0 Å². The fourth-order valence-electron chi connectivity index (χ4n) is 0.718. The quantitative estimate of drug-likeness (QED) is 0.400. The maximum Gasteiger partial charge on any atom is 2.00 e. The van der Waals surface area contributed by atoms with Crippen molar-refractivity contribution in [2.45, 2.75) is 0 Å². The molecule has 0 N–H and O–H groups in total. The number of esters is 1. The van der Waals surface area contributed by atoms with Crippen molar-refractivity contribution in [3.8, 4) is 0 Å². The van der Waals surface area contributed by atoms with E-state index >= 15 is 0 Å². The Morgan fingerprint density at radius 2 is 1.92 bits per heavy atom. The number of carbonyl (C=O) groups excluding carboxylic acids is 1. The Hall–Kier alpha value is -0.310. The Morgan fingerprint density at radius 1 is 1.33 bits per heavy atom. The average molecular weight is 188 g/mol. The van der Waals surface area contributed by atoms with Crippen molar-refractivity contribution in [3.63, 3.8) is 0 Å². The van der Waals surface area contributed by atoms with E-state index in [1.54, 1.807) is 24.3 Å². The summed E-state index contributed by atoms with van der Waals surface area (Å²) in [6.45, 7) is 3.28. The van der Waals surface area contributed by atoms with Gasteiger partial charge < -0.3 is 4.74 Å². The number of benzene rings is 1. The molecule has 0 spiro atoms. The van der Waals surface area contributed by atoms with Gasteiger partial charge in [-0.2, -0.15) is 0 Å². The third kappa shape index (κ3) is 3.39. The van der Waals surface area contributed by atoms with Crippen molar-refractivity contribution in [3.05, 3.63) is 48.7 Å². The van der Waals surface area contributed by atoms with E-state index in [-0.39, 0.29) is 43.7 Å². The van der Waals surface area contributed by atoms with Gasteiger partial charge in [-0.25, -0.2) is 4.79 Å². The van der Waals surface area contributed by atoms with Crippen LogP contribution in [0.2, 0.25) is 0 Å². The van der Waals surface area contributed by atoms with Gasteiger partial charge in [0.15, 0.2) is 0 Å². The zero-order valence-corrected chi connectivity index (χ0v) is 8.90. The van der Waals surface area contributed by atoms with E-state index in [2.05, 4.69) is 11.3 Å². The first-order valence-corrected chi connectivity index (χ1v) is 3.21. The number of hydrogen-bond acceptors (Lipinski definition) is 2. The summed E-state index contributed by atoms with van der Waals surface area (Å²) < 4.78 is 4.55. The van der Waals surface area contributed by atoms with Crippen molar-refractivity contribution in [2.24, 2.45) is 0 Å². The van der Waals surface area contributed by atoms with Gasteiger partial charge in [-0.1, -0.05) is 24.8 Å². The molecule has 0 aliphatic heterocycles. The van der Waals surface area contributed by atoms with Crippen LogP contribution in [0, 0.1) is 0 Å². The smallest absolute Gasteiger partial charge is 0.432 e. The minimum Gasteiger partial charge on any atom is -0.432 e. The maximum absolute atomic E-state index is 11.0. The Morgan fingerprint density at radius 3 is 2.42 bits per heavy atom.